The molecule has 0 bridgehead atoms. The summed E-state index contributed by atoms with van der Waals surface area (Å²) >= 11 is 3.35. The molecule has 0 N–H and O–H groups in total. The van der Waals surface area contributed by atoms with E-state index in [0.717, 1.165) is 33.1 Å². The van der Waals surface area contributed by atoms with Crippen LogP contribution in [0.15, 0.2) is 61.8 Å². The number of amides is 2. The third-order valence-electron chi connectivity index (χ3n) is 4.89. The Morgan fingerprint density at radius 3 is 2.55 bits per heavy atom. The standard InChI is InChI=1S/C19H11BrF2N6O3/c20-10-3-1-9(2-4-10)17-23-14(31-25-17)8-27-16-15(24-26-27)18(29)28(19(16)30)11-5-6-12(21)13(22)7-11/h1-7,15-16H,8H2/t15-,16-/m0/s1. The molecule has 2 atom stereocenters. The summed E-state index contributed by atoms with van der Waals surface area (Å²) < 4.78 is 33.0. The van der Waals surface area contributed by atoms with Gasteiger partial charge in [-0.05, 0) is 36.4 Å². The highest BCUT2D eigenvalue weighted by Crippen LogP contribution is 2.33. The molecular formula is C19H11BrF2N6O3. The zero-order chi connectivity index (χ0) is 21.7. The number of fused-ring (bicyclic) bond motifs is 1. The van der Waals surface area contributed by atoms with Crippen molar-refractivity contribution in [3.05, 3.63) is 64.5 Å². The topological polar surface area (TPSA) is 104 Å². The molecule has 0 spiro atoms. The number of benzene rings is 2. The molecule has 0 unspecified atom stereocenters. The zero-order valence-corrected chi connectivity index (χ0v) is 17.0. The van der Waals surface area contributed by atoms with Crippen LogP contribution in [0.4, 0.5) is 14.5 Å². The van der Waals surface area contributed by atoms with E-state index in [4.69, 9.17) is 4.52 Å². The number of carbonyl (C=O) groups excluding carboxylic acids is 2. The summed E-state index contributed by atoms with van der Waals surface area (Å²) in [5.74, 6) is -3.05. The first-order chi connectivity index (χ1) is 14.9. The normalized spacial score (nSPS) is 20.1. The van der Waals surface area contributed by atoms with Gasteiger partial charge in [-0.25, -0.2) is 13.7 Å². The average molecular weight is 489 g/mol. The fourth-order valence-corrected chi connectivity index (χ4v) is 3.67. The summed E-state index contributed by atoms with van der Waals surface area (Å²) in [4.78, 5) is 30.6. The maximum atomic E-state index is 13.6. The second-order valence-electron chi connectivity index (χ2n) is 6.82. The van der Waals surface area contributed by atoms with Crippen LogP contribution in [0.25, 0.3) is 11.4 Å². The molecule has 1 aromatic heterocycles. The Morgan fingerprint density at radius 2 is 1.81 bits per heavy atom. The molecule has 3 aromatic rings. The lowest BCUT2D eigenvalue weighted by Crippen LogP contribution is -2.39. The summed E-state index contributed by atoms with van der Waals surface area (Å²) in [5.41, 5.74) is 0.657. The van der Waals surface area contributed by atoms with Gasteiger partial charge >= 0.3 is 0 Å². The maximum absolute atomic E-state index is 13.6. The molecular weight excluding hydrogens is 478 g/mol. The van der Waals surface area contributed by atoms with E-state index in [1.165, 1.54) is 5.01 Å². The zero-order valence-electron chi connectivity index (χ0n) is 15.4. The second kappa shape index (κ2) is 7.30. The lowest BCUT2D eigenvalue weighted by Gasteiger charge is -2.19. The summed E-state index contributed by atoms with van der Waals surface area (Å²) in [6.07, 6.45) is 0. The van der Waals surface area contributed by atoms with E-state index < -0.39 is 35.5 Å². The summed E-state index contributed by atoms with van der Waals surface area (Å²) in [6.45, 7) is -0.0567. The number of nitrogens with zero attached hydrogens (tertiary/aromatic N) is 6. The summed E-state index contributed by atoms with van der Waals surface area (Å²) in [6, 6.07) is 7.95. The van der Waals surface area contributed by atoms with Crippen molar-refractivity contribution in [2.45, 2.75) is 18.6 Å². The van der Waals surface area contributed by atoms with Gasteiger partial charge in [0.05, 0.1) is 5.69 Å². The molecule has 0 radical (unpaired) electrons. The summed E-state index contributed by atoms with van der Waals surface area (Å²) in [5, 5.41) is 13.0. The monoisotopic (exact) mass is 488 g/mol. The van der Waals surface area contributed by atoms with E-state index in [1.807, 2.05) is 24.3 Å². The van der Waals surface area contributed by atoms with Crippen LogP contribution >= 0.6 is 15.9 Å². The van der Waals surface area contributed by atoms with Gasteiger partial charge in [0, 0.05) is 16.1 Å². The number of hydrogen-bond donors (Lipinski definition) is 0. The molecule has 1 saturated heterocycles. The van der Waals surface area contributed by atoms with E-state index in [-0.39, 0.29) is 18.1 Å². The van der Waals surface area contributed by atoms with Crippen molar-refractivity contribution >= 4 is 33.4 Å². The highest BCUT2D eigenvalue weighted by atomic mass is 79.9. The van der Waals surface area contributed by atoms with Crippen LogP contribution in [0, 0.1) is 11.6 Å². The Kier molecular flexibility index (Phi) is 4.58. The highest BCUT2D eigenvalue weighted by molar-refractivity contribution is 9.10. The molecule has 1 fully saturated rings. The van der Waals surface area contributed by atoms with Crippen LogP contribution < -0.4 is 4.90 Å². The van der Waals surface area contributed by atoms with Crippen LogP contribution in [0.2, 0.25) is 0 Å². The van der Waals surface area contributed by atoms with Gasteiger partial charge in [0.2, 0.25) is 11.7 Å². The number of hydrogen-bond acceptors (Lipinski definition) is 8. The van der Waals surface area contributed by atoms with Gasteiger partial charge in [0.1, 0.15) is 6.54 Å². The fraction of sp³-hybridized carbons (Fsp3) is 0.158. The maximum Gasteiger partial charge on any atom is 0.263 e. The second-order valence-corrected chi connectivity index (χ2v) is 7.74. The molecule has 2 aliphatic heterocycles. The van der Waals surface area contributed by atoms with Gasteiger partial charge in [-0.15, -0.1) is 0 Å². The molecule has 12 heteroatoms. The first-order valence-electron chi connectivity index (χ1n) is 9.01. The Morgan fingerprint density at radius 1 is 1.03 bits per heavy atom. The predicted octanol–water partition coefficient (Wildman–Crippen LogP) is 3.27. The fourth-order valence-electron chi connectivity index (χ4n) is 3.41. The number of carbonyl (C=O) groups is 2. The predicted molar refractivity (Wildman–Crippen MR) is 104 cm³/mol. The number of halogens is 3. The van der Waals surface area contributed by atoms with Gasteiger partial charge in [0.15, 0.2) is 23.7 Å². The average Bonchev–Trinajstić information content (AvgIpc) is 3.44. The molecule has 31 heavy (non-hydrogen) atoms. The summed E-state index contributed by atoms with van der Waals surface area (Å²) in [7, 11) is 0. The molecule has 156 valence electrons. The van der Waals surface area contributed by atoms with Gasteiger partial charge in [-0.2, -0.15) is 10.1 Å². The van der Waals surface area contributed by atoms with Crippen LogP contribution in [-0.4, -0.2) is 39.0 Å². The van der Waals surface area contributed by atoms with Gasteiger partial charge in [-0.1, -0.05) is 26.3 Å². The van der Waals surface area contributed by atoms with Crippen molar-refractivity contribution in [2.75, 3.05) is 4.90 Å². The first-order valence-corrected chi connectivity index (χ1v) is 9.80. The molecule has 0 aliphatic carbocycles. The molecule has 2 amide bonds. The van der Waals surface area contributed by atoms with Crippen molar-refractivity contribution < 1.29 is 22.9 Å². The highest BCUT2D eigenvalue weighted by Gasteiger charge is 2.55. The Labute approximate surface area is 181 Å². The van der Waals surface area contributed by atoms with E-state index >= 15 is 0 Å². The van der Waals surface area contributed by atoms with E-state index in [2.05, 4.69) is 36.4 Å². The molecule has 9 nitrogen and oxygen atoms in total. The lowest BCUT2D eigenvalue weighted by molar-refractivity contribution is -0.123. The number of aromatic nitrogens is 2. The lowest BCUT2D eigenvalue weighted by atomic mass is 10.1. The van der Waals surface area contributed by atoms with E-state index in [9.17, 15) is 18.4 Å². The third kappa shape index (κ3) is 3.28. The van der Waals surface area contributed by atoms with Crippen molar-refractivity contribution in [3.63, 3.8) is 0 Å². The molecule has 5 rings (SSSR count). The van der Waals surface area contributed by atoms with Crippen molar-refractivity contribution in [3.8, 4) is 11.4 Å². The van der Waals surface area contributed by atoms with Crippen LogP contribution in [0.5, 0.6) is 0 Å². The minimum Gasteiger partial charge on any atom is -0.337 e. The first kappa shape index (κ1) is 19.4. The van der Waals surface area contributed by atoms with Crippen molar-refractivity contribution in [1.29, 1.82) is 0 Å². The smallest absolute Gasteiger partial charge is 0.263 e. The van der Waals surface area contributed by atoms with E-state index in [0.29, 0.717) is 5.82 Å². The Hall–Kier alpha value is -3.54. The van der Waals surface area contributed by atoms with E-state index in [1.54, 1.807) is 0 Å². The molecule has 2 aliphatic rings. The molecule has 3 heterocycles. The van der Waals surface area contributed by atoms with Gasteiger partial charge in [0.25, 0.3) is 11.8 Å². The SMILES string of the molecule is O=C1[C@H]2N=NN(Cc3nc(-c4ccc(Br)cc4)no3)[C@@H]2C(=O)N1c1ccc(F)c(F)c1. The largest absolute Gasteiger partial charge is 0.337 e. The molecule has 2 aromatic carbocycles. The Bertz CT molecular complexity index is 1230. The van der Waals surface area contributed by atoms with Crippen molar-refractivity contribution in [1.82, 2.24) is 15.1 Å². The quantitative estimate of drug-likeness (QED) is 0.522. The third-order valence-corrected chi connectivity index (χ3v) is 5.42. The van der Waals surface area contributed by atoms with Gasteiger partial charge in [-0.3, -0.25) is 14.6 Å². The minimum atomic E-state index is -1.17. The number of anilines is 1. The Balaban J connectivity index is 1.36. The number of rotatable bonds is 4. The molecule has 0 saturated carbocycles. The van der Waals surface area contributed by atoms with Crippen LogP contribution in [-0.2, 0) is 16.1 Å². The van der Waals surface area contributed by atoms with Crippen molar-refractivity contribution in [2.24, 2.45) is 10.3 Å². The number of imide groups is 1. The minimum absolute atomic E-state index is 0.0567. The van der Waals surface area contributed by atoms with Crippen LogP contribution in [0.1, 0.15) is 5.89 Å². The van der Waals surface area contributed by atoms with Crippen LogP contribution in [0.3, 0.4) is 0 Å². The van der Waals surface area contributed by atoms with Gasteiger partial charge < -0.3 is 4.52 Å².